The van der Waals surface area contributed by atoms with Crippen LogP contribution in [-0.4, -0.2) is 32.3 Å². The van der Waals surface area contributed by atoms with E-state index in [1.54, 1.807) is 24.4 Å². The zero-order valence-electron chi connectivity index (χ0n) is 10.4. The normalized spacial score (nSPS) is 14.6. The first-order valence-corrected chi connectivity index (χ1v) is 6.63. The van der Waals surface area contributed by atoms with E-state index in [2.05, 4.69) is 15.9 Å². The van der Waals surface area contributed by atoms with Gasteiger partial charge in [-0.1, -0.05) is 12.1 Å². The van der Waals surface area contributed by atoms with Crippen molar-refractivity contribution in [3.05, 3.63) is 59.0 Å². The second kappa shape index (κ2) is 5.92. The Labute approximate surface area is 124 Å². The van der Waals surface area contributed by atoms with Gasteiger partial charge in [0.15, 0.2) is 0 Å². The molecule has 1 aromatic carbocycles. The molecule has 5 nitrogen and oxygen atoms in total. The summed E-state index contributed by atoms with van der Waals surface area (Å²) in [6, 6.07) is 6.52. The molecule has 0 aromatic heterocycles. The van der Waals surface area contributed by atoms with Crippen molar-refractivity contribution in [2.45, 2.75) is 6.54 Å². The molecule has 0 radical (unpaired) electrons. The molecule has 0 saturated heterocycles. The molecule has 0 amide bonds. The fraction of sp³-hybridized carbons (Fsp3) is 0.143. The molecule has 1 heterocycles. The summed E-state index contributed by atoms with van der Waals surface area (Å²) in [7, 11) is 0. The number of nitrogens with zero attached hydrogens (tertiary/aromatic N) is 1. The second-order valence-electron chi connectivity index (χ2n) is 4.36. The van der Waals surface area contributed by atoms with E-state index in [-0.39, 0.29) is 28.1 Å². The highest BCUT2D eigenvalue weighted by atomic mass is 79.9. The van der Waals surface area contributed by atoms with E-state index < -0.39 is 5.97 Å². The van der Waals surface area contributed by atoms with Crippen LogP contribution in [0.5, 0.6) is 0 Å². The molecule has 104 valence electrons. The van der Waals surface area contributed by atoms with E-state index >= 15 is 0 Å². The predicted molar refractivity (Wildman–Crippen MR) is 76.5 cm³/mol. The largest absolute Gasteiger partial charge is 0.510 e. The fourth-order valence-electron chi connectivity index (χ4n) is 1.88. The van der Waals surface area contributed by atoms with Crippen LogP contribution in [0.2, 0.25) is 0 Å². The molecule has 0 aliphatic carbocycles. The molecular formula is C14H12BrNO4. The topological polar surface area (TPSA) is 77.8 Å². The van der Waals surface area contributed by atoms with Crippen molar-refractivity contribution in [1.29, 1.82) is 0 Å². The SMILES string of the molecule is O=C(Br)C1=C(O)CN(Cc2ccc(C(=O)O)cc2)C=C1. The van der Waals surface area contributed by atoms with Crippen LogP contribution in [0.15, 0.2) is 47.9 Å². The summed E-state index contributed by atoms with van der Waals surface area (Å²) < 4.78 is -0.350. The third kappa shape index (κ3) is 3.27. The molecule has 0 saturated carbocycles. The van der Waals surface area contributed by atoms with Crippen LogP contribution in [0.4, 0.5) is 0 Å². The van der Waals surface area contributed by atoms with Crippen molar-refractivity contribution in [2.24, 2.45) is 0 Å². The molecule has 1 aliphatic heterocycles. The third-order valence-corrected chi connectivity index (χ3v) is 3.34. The van der Waals surface area contributed by atoms with Gasteiger partial charge >= 0.3 is 5.97 Å². The molecule has 1 aromatic rings. The first kappa shape index (κ1) is 14.3. The van der Waals surface area contributed by atoms with Crippen LogP contribution in [0.3, 0.4) is 0 Å². The van der Waals surface area contributed by atoms with Crippen molar-refractivity contribution in [2.75, 3.05) is 6.54 Å². The fourth-order valence-corrected chi connectivity index (χ4v) is 2.24. The van der Waals surface area contributed by atoms with Gasteiger partial charge in [-0.15, -0.1) is 0 Å². The quantitative estimate of drug-likeness (QED) is 0.825. The monoisotopic (exact) mass is 337 g/mol. The Morgan fingerprint density at radius 3 is 2.40 bits per heavy atom. The zero-order chi connectivity index (χ0) is 14.7. The number of aliphatic hydroxyl groups excluding tert-OH is 1. The standard InChI is InChI=1S/C14H12BrNO4/c15-13(18)11-5-6-16(8-12(11)17)7-9-1-3-10(4-2-9)14(19)20/h1-6,17H,7-8H2,(H,19,20). The molecule has 0 bridgehead atoms. The summed E-state index contributed by atoms with van der Waals surface area (Å²) in [5.74, 6) is -0.952. The maximum Gasteiger partial charge on any atom is 0.335 e. The number of rotatable bonds is 4. The number of aromatic carboxylic acids is 1. The molecule has 0 atom stereocenters. The van der Waals surface area contributed by atoms with E-state index in [1.807, 2.05) is 4.90 Å². The number of carbonyl (C=O) groups excluding carboxylic acids is 1. The number of hydrogen-bond donors (Lipinski definition) is 2. The van der Waals surface area contributed by atoms with Crippen molar-refractivity contribution < 1.29 is 19.8 Å². The Morgan fingerprint density at radius 1 is 1.25 bits per heavy atom. The number of aliphatic hydroxyl groups is 1. The van der Waals surface area contributed by atoms with Gasteiger partial charge in [0, 0.05) is 12.7 Å². The summed E-state index contributed by atoms with van der Waals surface area (Å²) in [5, 5.41) is 18.6. The average Bonchev–Trinajstić information content (AvgIpc) is 2.39. The van der Waals surface area contributed by atoms with Gasteiger partial charge in [-0.3, -0.25) is 4.79 Å². The Balaban J connectivity index is 2.04. The van der Waals surface area contributed by atoms with E-state index in [4.69, 9.17) is 5.11 Å². The molecule has 20 heavy (non-hydrogen) atoms. The lowest BCUT2D eigenvalue weighted by molar-refractivity contribution is -0.107. The summed E-state index contributed by atoms with van der Waals surface area (Å²) >= 11 is 2.80. The van der Waals surface area contributed by atoms with Gasteiger partial charge in [-0.2, -0.15) is 0 Å². The first-order valence-electron chi connectivity index (χ1n) is 5.84. The summed E-state index contributed by atoms with van der Waals surface area (Å²) in [5.41, 5.74) is 1.40. The maximum absolute atomic E-state index is 11.1. The van der Waals surface area contributed by atoms with Crippen LogP contribution in [-0.2, 0) is 11.3 Å². The first-order chi connectivity index (χ1) is 9.47. The van der Waals surface area contributed by atoms with E-state index in [0.717, 1.165) is 5.56 Å². The minimum absolute atomic E-state index is 0.0107. The van der Waals surface area contributed by atoms with Gasteiger partial charge in [0.1, 0.15) is 5.76 Å². The molecule has 0 spiro atoms. The lowest BCUT2D eigenvalue weighted by atomic mass is 10.1. The average molecular weight is 338 g/mol. The minimum atomic E-state index is -0.963. The highest BCUT2D eigenvalue weighted by Crippen LogP contribution is 2.18. The van der Waals surface area contributed by atoms with Crippen LogP contribution >= 0.6 is 15.9 Å². The zero-order valence-corrected chi connectivity index (χ0v) is 12.0. The molecule has 6 heteroatoms. The molecule has 2 rings (SSSR count). The summed E-state index contributed by atoms with van der Waals surface area (Å²) in [6.07, 6.45) is 3.26. The Hall–Kier alpha value is -2.08. The lowest BCUT2D eigenvalue weighted by Crippen LogP contribution is -2.24. The lowest BCUT2D eigenvalue weighted by Gasteiger charge is -2.24. The maximum atomic E-state index is 11.1. The molecular weight excluding hydrogens is 326 g/mol. The number of carbonyl (C=O) groups is 2. The Morgan fingerprint density at radius 2 is 1.90 bits per heavy atom. The molecule has 2 N–H and O–H groups in total. The van der Waals surface area contributed by atoms with Gasteiger partial charge in [-0.05, 0) is 39.7 Å². The van der Waals surface area contributed by atoms with Crippen LogP contribution < -0.4 is 0 Å². The highest BCUT2D eigenvalue weighted by molar-refractivity contribution is 9.18. The minimum Gasteiger partial charge on any atom is -0.510 e. The van der Waals surface area contributed by atoms with Gasteiger partial charge in [0.05, 0.1) is 17.7 Å². The van der Waals surface area contributed by atoms with Crippen LogP contribution in [0.1, 0.15) is 15.9 Å². The second-order valence-corrected chi connectivity index (χ2v) is 5.08. The number of allylic oxidation sites excluding steroid dienone is 2. The smallest absolute Gasteiger partial charge is 0.335 e. The summed E-state index contributed by atoms with van der Waals surface area (Å²) in [6.45, 7) is 0.758. The van der Waals surface area contributed by atoms with Crippen molar-refractivity contribution in [1.82, 2.24) is 4.90 Å². The van der Waals surface area contributed by atoms with Crippen LogP contribution in [0.25, 0.3) is 0 Å². The van der Waals surface area contributed by atoms with Crippen molar-refractivity contribution in [3.63, 3.8) is 0 Å². The number of halogens is 1. The predicted octanol–water partition coefficient (Wildman–Crippen LogP) is 2.45. The van der Waals surface area contributed by atoms with Gasteiger partial charge in [0.2, 0.25) is 4.69 Å². The van der Waals surface area contributed by atoms with Gasteiger partial charge in [0.25, 0.3) is 0 Å². The third-order valence-electron chi connectivity index (χ3n) is 2.91. The number of carboxylic acid groups (broad SMARTS) is 1. The van der Waals surface area contributed by atoms with Gasteiger partial charge in [-0.25, -0.2) is 4.79 Å². The Kier molecular flexibility index (Phi) is 4.24. The molecule has 0 unspecified atom stereocenters. The van der Waals surface area contributed by atoms with E-state index in [9.17, 15) is 14.7 Å². The van der Waals surface area contributed by atoms with Crippen molar-refractivity contribution in [3.8, 4) is 0 Å². The molecule has 1 aliphatic rings. The number of carboxylic acids is 1. The Bertz CT molecular complexity index is 604. The summed E-state index contributed by atoms with van der Waals surface area (Å²) in [4.78, 5) is 23.7. The number of benzene rings is 1. The van der Waals surface area contributed by atoms with Gasteiger partial charge < -0.3 is 15.1 Å². The molecule has 0 fully saturated rings. The highest BCUT2D eigenvalue weighted by Gasteiger charge is 2.16. The van der Waals surface area contributed by atoms with Crippen molar-refractivity contribution >= 4 is 26.6 Å². The van der Waals surface area contributed by atoms with E-state index in [1.165, 1.54) is 12.1 Å². The van der Waals surface area contributed by atoms with Crippen LogP contribution in [0, 0.1) is 0 Å². The number of hydrogen-bond acceptors (Lipinski definition) is 4. The van der Waals surface area contributed by atoms with E-state index in [0.29, 0.717) is 6.54 Å².